The van der Waals surface area contributed by atoms with Gasteiger partial charge in [-0.2, -0.15) is 22.0 Å². The molecule has 1 aliphatic heterocycles. The van der Waals surface area contributed by atoms with Crippen LogP contribution in [0.25, 0.3) is 0 Å². The molecule has 1 saturated heterocycles. The summed E-state index contributed by atoms with van der Waals surface area (Å²) in [5.74, 6) is -2.01. The van der Waals surface area contributed by atoms with Crippen molar-refractivity contribution >= 4 is 0 Å². The zero-order valence-corrected chi connectivity index (χ0v) is 27.2. The van der Waals surface area contributed by atoms with E-state index in [2.05, 4.69) is 11.8 Å². The molecule has 0 bridgehead atoms. The van der Waals surface area contributed by atoms with Crippen molar-refractivity contribution in [3.05, 3.63) is 46.5 Å². The standard InChI is InChI=1S/C36H45F5O6/c1-30(2)21-46-33(47-22-30)14-11-28-29-25(10-13-32(28,43)20-33)27-12-15-34(44,35(37,38)36(39,40)41)31(27,3)19-26(29)24-8-6-23(7-9-24)5-4-17-45-18-16-42/h6-9,25-27,42-44H,10-22H2,1-3H3/t25?,26-,27?,31+,32?,34+/m1/s1. The second kappa shape index (κ2) is 11.8. The predicted molar refractivity (Wildman–Crippen MR) is 162 cm³/mol. The maximum atomic E-state index is 15.3. The van der Waals surface area contributed by atoms with Gasteiger partial charge >= 0.3 is 12.1 Å². The summed E-state index contributed by atoms with van der Waals surface area (Å²) < 4.78 is 90.1. The summed E-state index contributed by atoms with van der Waals surface area (Å²) in [6.45, 7) is 6.64. The molecular weight excluding hydrogens is 623 g/mol. The molecule has 4 aliphatic carbocycles. The lowest BCUT2D eigenvalue weighted by molar-refractivity contribution is -0.362. The highest BCUT2D eigenvalue weighted by molar-refractivity contribution is 5.46. The highest BCUT2D eigenvalue weighted by atomic mass is 19.4. The third kappa shape index (κ3) is 5.65. The number of alkyl halides is 5. The van der Waals surface area contributed by atoms with Crippen LogP contribution in [0.4, 0.5) is 22.0 Å². The molecule has 3 N–H and O–H groups in total. The fourth-order valence-electron chi connectivity index (χ4n) is 9.43. The van der Waals surface area contributed by atoms with Crippen molar-refractivity contribution < 1.29 is 51.5 Å². The Labute approximate surface area is 272 Å². The molecule has 0 amide bonds. The van der Waals surface area contributed by atoms with Gasteiger partial charge in [0.05, 0.1) is 32.0 Å². The van der Waals surface area contributed by atoms with E-state index in [1.165, 1.54) is 6.92 Å². The number of allylic oxidation sites excluding steroid dienone is 1. The normalized spacial score (nSPS) is 36.3. The third-order valence-electron chi connectivity index (χ3n) is 11.8. The number of rotatable bonds is 5. The van der Waals surface area contributed by atoms with Crippen LogP contribution in [0.15, 0.2) is 35.4 Å². The Morgan fingerprint density at radius 1 is 0.957 bits per heavy atom. The van der Waals surface area contributed by atoms with Crippen molar-refractivity contribution in [2.75, 3.05) is 33.0 Å². The first kappa shape index (κ1) is 34.8. The van der Waals surface area contributed by atoms with Crippen molar-refractivity contribution in [1.82, 2.24) is 0 Å². The number of aliphatic hydroxyl groups is 3. The Morgan fingerprint density at radius 2 is 1.64 bits per heavy atom. The fraction of sp³-hybridized carbons (Fsp3) is 0.722. The summed E-state index contributed by atoms with van der Waals surface area (Å²) in [7, 11) is 0. The average molecular weight is 669 g/mol. The number of aliphatic hydroxyl groups excluding tert-OH is 1. The average Bonchev–Trinajstić information content (AvgIpc) is 3.29. The van der Waals surface area contributed by atoms with Gasteiger partial charge in [-0.1, -0.05) is 50.3 Å². The van der Waals surface area contributed by atoms with E-state index in [1.54, 1.807) is 24.3 Å². The van der Waals surface area contributed by atoms with Gasteiger partial charge in [-0.3, -0.25) is 0 Å². The van der Waals surface area contributed by atoms with Crippen LogP contribution in [0.1, 0.15) is 89.2 Å². The second-order valence-corrected chi connectivity index (χ2v) is 15.4. The molecule has 6 atom stereocenters. The van der Waals surface area contributed by atoms with Gasteiger partial charge < -0.3 is 29.5 Å². The van der Waals surface area contributed by atoms with Crippen LogP contribution in [0.2, 0.25) is 0 Å². The van der Waals surface area contributed by atoms with Crippen LogP contribution < -0.4 is 0 Å². The van der Waals surface area contributed by atoms with Crippen molar-refractivity contribution in [2.45, 2.75) is 107 Å². The summed E-state index contributed by atoms with van der Waals surface area (Å²) >= 11 is 0. The van der Waals surface area contributed by atoms with Gasteiger partial charge in [0.1, 0.15) is 12.2 Å². The maximum Gasteiger partial charge on any atom is 0.456 e. The lowest BCUT2D eigenvalue weighted by Crippen LogP contribution is -2.65. The Morgan fingerprint density at radius 3 is 2.28 bits per heavy atom. The van der Waals surface area contributed by atoms with Crippen molar-refractivity contribution in [3.63, 3.8) is 0 Å². The summed E-state index contributed by atoms with van der Waals surface area (Å²) in [5.41, 5.74) is -3.38. The van der Waals surface area contributed by atoms with E-state index in [4.69, 9.17) is 19.3 Å². The number of hydrogen-bond donors (Lipinski definition) is 3. The van der Waals surface area contributed by atoms with Crippen LogP contribution in [0.5, 0.6) is 0 Å². The molecule has 1 heterocycles. The number of fused-ring (bicyclic) bond motifs is 4. The summed E-state index contributed by atoms with van der Waals surface area (Å²) in [5, 5.41) is 32.7. The van der Waals surface area contributed by atoms with Crippen molar-refractivity contribution in [1.29, 1.82) is 0 Å². The molecule has 47 heavy (non-hydrogen) atoms. The Kier molecular flexibility index (Phi) is 8.71. The van der Waals surface area contributed by atoms with E-state index in [-0.39, 0.29) is 50.4 Å². The summed E-state index contributed by atoms with van der Waals surface area (Å²) in [6, 6.07) is 7.15. The minimum absolute atomic E-state index is 0.0311. The molecule has 4 fully saturated rings. The van der Waals surface area contributed by atoms with Gasteiger partial charge in [0.15, 0.2) is 5.79 Å². The summed E-state index contributed by atoms with van der Waals surface area (Å²) in [4.78, 5) is 0. The minimum Gasteiger partial charge on any atom is -0.394 e. The minimum atomic E-state index is -5.91. The molecule has 260 valence electrons. The van der Waals surface area contributed by atoms with Crippen molar-refractivity contribution in [3.8, 4) is 11.8 Å². The number of halogens is 5. The maximum absolute atomic E-state index is 15.3. The molecule has 6 nitrogen and oxygen atoms in total. The smallest absolute Gasteiger partial charge is 0.394 e. The van der Waals surface area contributed by atoms with Crippen LogP contribution in [-0.4, -0.2) is 77.4 Å². The predicted octanol–water partition coefficient (Wildman–Crippen LogP) is 6.27. The van der Waals surface area contributed by atoms with E-state index in [0.29, 0.717) is 50.0 Å². The quantitative estimate of drug-likeness (QED) is 0.149. The molecule has 1 aromatic rings. The molecule has 0 aromatic heterocycles. The zero-order valence-electron chi connectivity index (χ0n) is 27.2. The molecule has 3 unspecified atom stereocenters. The van der Waals surface area contributed by atoms with E-state index in [1.807, 2.05) is 13.8 Å². The molecule has 0 radical (unpaired) electrons. The molecule has 3 saturated carbocycles. The largest absolute Gasteiger partial charge is 0.456 e. The van der Waals surface area contributed by atoms with Gasteiger partial charge in [0, 0.05) is 35.2 Å². The van der Waals surface area contributed by atoms with Crippen LogP contribution in [0, 0.1) is 34.5 Å². The number of ether oxygens (including phenoxy) is 3. The second-order valence-electron chi connectivity index (χ2n) is 15.4. The van der Waals surface area contributed by atoms with Crippen LogP contribution >= 0.6 is 0 Å². The molecule has 11 heteroatoms. The van der Waals surface area contributed by atoms with Crippen molar-refractivity contribution in [2.24, 2.45) is 22.7 Å². The van der Waals surface area contributed by atoms with Crippen LogP contribution in [0.3, 0.4) is 0 Å². The first-order valence-electron chi connectivity index (χ1n) is 16.6. The SMILES string of the molecule is CC1(C)COC2(CCC3=C4C(CCC3(O)C2)C2CC[C@@](O)(C(F)(F)C(F)(F)F)[C@@]2(C)C[C@@H]4c2ccc(C#CCOCCO)cc2)OC1. The third-order valence-corrected chi connectivity index (χ3v) is 11.8. The van der Waals surface area contributed by atoms with Crippen LogP contribution in [-0.2, 0) is 14.2 Å². The lowest BCUT2D eigenvalue weighted by Gasteiger charge is -2.59. The Bertz CT molecular complexity index is 1430. The topological polar surface area (TPSA) is 88.4 Å². The van der Waals surface area contributed by atoms with E-state index in [9.17, 15) is 23.4 Å². The highest BCUT2D eigenvalue weighted by Gasteiger charge is 2.79. The monoisotopic (exact) mass is 668 g/mol. The number of hydrogen-bond acceptors (Lipinski definition) is 6. The zero-order chi connectivity index (χ0) is 34.1. The number of benzene rings is 1. The van der Waals surface area contributed by atoms with E-state index < -0.39 is 52.8 Å². The van der Waals surface area contributed by atoms with Gasteiger partial charge in [-0.05, 0) is 73.6 Å². The van der Waals surface area contributed by atoms with E-state index in [0.717, 1.165) is 11.1 Å². The van der Waals surface area contributed by atoms with Gasteiger partial charge in [-0.15, -0.1) is 0 Å². The Balaban J connectivity index is 1.41. The molecule has 6 rings (SSSR count). The molecule has 1 spiro atoms. The summed E-state index contributed by atoms with van der Waals surface area (Å²) in [6.07, 6.45) is -4.82. The molecular formula is C36H45F5O6. The molecule has 5 aliphatic rings. The first-order valence-corrected chi connectivity index (χ1v) is 16.6. The lowest BCUT2D eigenvalue weighted by atomic mass is 9.49. The first-order chi connectivity index (χ1) is 21.9. The highest BCUT2D eigenvalue weighted by Crippen LogP contribution is 2.71. The van der Waals surface area contributed by atoms with Gasteiger partial charge in [-0.25, -0.2) is 0 Å². The fourth-order valence-corrected chi connectivity index (χ4v) is 9.43. The Hall–Kier alpha value is -2.07. The van der Waals surface area contributed by atoms with Gasteiger partial charge in [0.2, 0.25) is 0 Å². The van der Waals surface area contributed by atoms with E-state index >= 15 is 8.78 Å². The van der Waals surface area contributed by atoms with Gasteiger partial charge in [0.25, 0.3) is 0 Å². The molecule has 1 aromatic carbocycles.